The van der Waals surface area contributed by atoms with Gasteiger partial charge in [-0.3, -0.25) is 0 Å². The highest BCUT2D eigenvalue weighted by Gasteiger charge is 2.32. The summed E-state index contributed by atoms with van der Waals surface area (Å²) in [5, 5.41) is 4.39. The van der Waals surface area contributed by atoms with Gasteiger partial charge in [-0.05, 0) is 62.4 Å². The van der Waals surface area contributed by atoms with Crippen LogP contribution in [-0.4, -0.2) is 17.8 Å². The molecule has 0 aliphatic heterocycles. The molecular formula is C16H25NS. The third-order valence-electron chi connectivity index (χ3n) is 4.22. The monoisotopic (exact) mass is 263 g/mol. The second-order valence-corrected chi connectivity index (χ2v) is 6.82. The van der Waals surface area contributed by atoms with Crippen LogP contribution in [0.4, 0.5) is 0 Å². The third-order valence-corrected chi connectivity index (χ3v) is 5.71. The lowest BCUT2D eigenvalue weighted by atomic mass is 10.1. The van der Waals surface area contributed by atoms with Crippen molar-refractivity contribution in [3.63, 3.8) is 0 Å². The number of rotatable bonds is 4. The van der Waals surface area contributed by atoms with E-state index in [4.69, 9.17) is 0 Å². The number of benzene rings is 1. The van der Waals surface area contributed by atoms with E-state index in [1.54, 1.807) is 0 Å². The number of hydrogen-bond acceptors (Lipinski definition) is 2. The van der Waals surface area contributed by atoms with Gasteiger partial charge in [-0.2, -0.15) is 0 Å². The van der Waals surface area contributed by atoms with E-state index < -0.39 is 0 Å². The minimum absolute atomic E-state index is 0.721. The van der Waals surface area contributed by atoms with E-state index in [9.17, 15) is 0 Å². The summed E-state index contributed by atoms with van der Waals surface area (Å²) in [6.07, 6.45) is 2.67. The minimum atomic E-state index is 0.721. The van der Waals surface area contributed by atoms with Crippen LogP contribution in [-0.2, 0) is 0 Å². The van der Waals surface area contributed by atoms with Crippen LogP contribution >= 0.6 is 11.8 Å². The number of aryl methyl sites for hydroxylation is 2. The summed E-state index contributed by atoms with van der Waals surface area (Å²) in [4.78, 5) is 1.44. The predicted octanol–water partition coefficient (Wildman–Crippen LogP) is 4.17. The first-order chi connectivity index (χ1) is 8.61. The third kappa shape index (κ3) is 3.10. The average molecular weight is 263 g/mol. The zero-order valence-electron chi connectivity index (χ0n) is 12.0. The van der Waals surface area contributed by atoms with Crippen LogP contribution in [0.2, 0.25) is 0 Å². The smallest absolute Gasteiger partial charge is 0.0135 e. The lowest BCUT2D eigenvalue weighted by Crippen LogP contribution is -2.32. The first-order valence-corrected chi connectivity index (χ1v) is 7.97. The molecule has 1 fully saturated rings. The van der Waals surface area contributed by atoms with Crippen LogP contribution < -0.4 is 5.32 Å². The fourth-order valence-electron chi connectivity index (χ4n) is 2.81. The molecular weight excluding hydrogens is 238 g/mol. The van der Waals surface area contributed by atoms with Gasteiger partial charge in [-0.25, -0.2) is 0 Å². The summed E-state index contributed by atoms with van der Waals surface area (Å²) in [6.45, 7) is 10.1. The fourth-order valence-corrected chi connectivity index (χ4v) is 4.21. The highest BCUT2D eigenvalue weighted by molar-refractivity contribution is 8.00. The summed E-state index contributed by atoms with van der Waals surface area (Å²) in [5.41, 5.74) is 2.80. The summed E-state index contributed by atoms with van der Waals surface area (Å²) in [7, 11) is 0. The zero-order chi connectivity index (χ0) is 13.1. The Labute approximate surface area is 116 Å². The maximum atomic E-state index is 3.62. The van der Waals surface area contributed by atoms with E-state index in [1.807, 2.05) is 0 Å². The molecule has 18 heavy (non-hydrogen) atoms. The van der Waals surface area contributed by atoms with Crippen molar-refractivity contribution in [3.8, 4) is 0 Å². The van der Waals surface area contributed by atoms with E-state index in [2.05, 4.69) is 63.0 Å². The number of hydrogen-bond donors (Lipinski definition) is 1. The Kier molecular flexibility index (Phi) is 4.74. The van der Waals surface area contributed by atoms with Crippen LogP contribution in [0.1, 0.15) is 37.8 Å². The zero-order valence-corrected chi connectivity index (χ0v) is 12.8. The van der Waals surface area contributed by atoms with Gasteiger partial charge in [0.25, 0.3) is 0 Å². The molecule has 0 saturated heterocycles. The summed E-state index contributed by atoms with van der Waals surface area (Å²) < 4.78 is 0. The lowest BCUT2D eigenvalue weighted by molar-refractivity contribution is 0.441. The molecule has 100 valence electrons. The Bertz CT molecular complexity index is 402. The molecule has 3 unspecified atom stereocenters. The van der Waals surface area contributed by atoms with Crippen LogP contribution in [0, 0.1) is 19.8 Å². The largest absolute Gasteiger partial charge is 0.314 e. The van der Waals surface area contributed by atoms with Crippen LogP contribution in [0.15, 0.2) is 23.1 Å². The molecule has 1 nitrogen and oxygen atoms in total. The molecule has 2 rings (SSSR count). The summed E-state index contributed by atoms with van der Waals surface area (Å²) >= 11 is 2.07. The van der Waals surface area contributed by atoms with E-state index in [0.717, 1.165) is 23.8 Å². The van der Waals surface area contributed by atoms with Gasteiger partial charge in [-0.15, -0.1) is 11.8 Å². The molecule has 2 heteroatoms. The Morgan fingerprint density at radius 3 is 2.67 bits per heavy atom. The van der Waals surface area contributed by atoms with Gasteiger partial charge < -0.3 is 5.32 Å². The molecule has 0 heterocycles. The van der Waals surface area contributed by atoms with E-state index in [-0.39, 0.29) is 0 Å². The molecule has 1 N–H and O–H groups in total. The quantitative estimate of drug-likeness (QED) is 0.875. The number of thioether (sulfide) groups is 1. The van der Waals surface area contributed by atoms with Crippen molar-refractivity contribution in [1.82, 2.24) is 5.32 Å². The van der Waals surface area contributed by atoms with Gasteiger partial charge in [0.05, 0.1) is 0 Å². The molecule has 1 aromatic carbocycles. The maximum absolute atomic E-state index is 3.62. The fraction of sp³-hybridized carbons (Fsp3) is 0.625. The maximum Gasteiger partial charge on any atom is 0.0135 e. The normalized spacial score (nSPS) is 27.7. The summed E-state index contributed by atoms with van der Waals surface area (Å²) in [5.74, 6) is 0.775. The molecule has 0 radical (unpaired) electrons. The SMILES string of the molecule is CCNC1CCC(Sc2ccc(C)c(C)c2)C1C. The van der Waals surface area contributed by atoms with Gasteiger partial charge in [0.15, 0.2) is 0 Å². The van der Waals surface area contributed by atoms with E-state index in [0.29, 0.717) is 0 Å². The summed E-state index contributed by atoms with van der Waals surface area (Å²) in [6, 6.07) is 7.59. The Balaban J connectivity index is 1.99. The van der Waals surface area contributed by atoms with Gasteiger partial charge in [0.2, 0.25) is 0 Å². The van der Waals surface area contributed by atoms with E-state index >= 15 is 0 Å². The van der Waals surface area contributed by atoms with Crippen molar-refractivity contribution in [2.45, 2.75) is 56.7 Å². The Morgan fingerprint density at radius 1 is 1.22 bits per heavy atom. The van der Waals surface area contributed by atoms with Crippen molar-refractivity contribution in [3.05, 3.63) is 29.3 Å². The van der Waals surface area contributed by atoms with Gasteiger partial charge in [0.1, 0.15) is 0 Å². The average Bonchev–Trinajstić information content (AvgIpc) is 2.67. The molecule has 0 amide bonds. The van der Waals surface area contributed by atoms with Crippen molar-refractivity contribution in [1.29, 1.82) is 0 Å². The molecule has 0 bridgehead atoms. The highest BCUT2D eigenvalue weighted by Crippen LogP contribution is 2.39. The van der Waals surface area contributed by atoms with Crippen LogP contribution in [0.5, 0.6) is 0 Å². The minimum Gasteiger partial charge on any atom is -0.314 e. The van der Waals surface area contributed by atoms with Crippen LogP contribution in [0.25, 0.3) is 0 Å². The first kappa shape index (κ1) is 14.0. The Hall–Kier alpha value is -0.470. The van der Waals surface area contributed by atoms with Crippen molar-refractivity contribution in [2.24, 2.45) is 5.92 Å². The van der Waals surface area contributed by atoms with Crippen molar-refractivity contribution >= 4 is 11.8 Å². The number of nitrogens with one attached hydrogen (secondary N) is 1. The van der Waals surface area contributed by atoms with Gasteiger partial charge in [-0.1, -0.05) is 19.9 Å². The molecule has 3 atom stereocenters. The second kappa shape index (κ2) is 6.12. The lowest BCUT2D eigenvalue weighted by Gasteiger charge is -2.21. The predicted molar refractivity (Wildman–Crippen MR) is 81.4 cm³/mol. The van der Waals surface area contributed by atoms with Crippen molar-refractivity contribution < 1.29 is 0 Å². The van der Waals surface area contributed by atoms with Gasteiger partial charge in [0, 0.05) is 16.2 Å². The molecule has 0 spiro atoms. The Morgan fingerprint density at radius 2 is 2.00 bits per heavy atom. The van der Waals surface area contributed by atoms with Crippen molar-refractivity contribution in [2.75, 3.05) is 6.54 Å². The topological polar surface area (TPSA) is 12.0 Å². The van der Waals surface area contributed by atoms with E-state index in [1.165, 1.54) is 28.9 Å². The van der Waals surface area contributed by atoms with Crippen LogP contribution in [0.3, 0.4) is 0 Å². The second-order valence-electron chi connectivity index (χ2n) is 5.50. The highest BCUT2D eigenvalue weighted by atomic mass is 32.2. The van der Waals surface area contributed by atoms with Gasteiger partial charge >= 0.3 is 0 Å². The molecule has 1 aliphatic carbocycles. The molecule has 1 aliphatic rings. The standard InChI is InChI=1S/C16H25NS/c1-5-17-15-8-9-16(13(15)4)18-14-7-6-11(2)12(3)10-14/h6-7,10,13,15-17H,5,8-9H2,1-4H3. The molecule has 1 saturated carbocycles. The molecule has 1 aromatic rings. The molecule has 0 aromatic heterocycles. The first-order valence-electron chi connectivity index (χ1n) is 7.09.